The van der Waals surface area contributed by atoms with Crippen molar-refractivity contribution in [3.05, 3.63) is 46.7 Å². The van der Waals surface area contributed by atoms with Crippen molar-refractivity contribution in [2.45, 2.75) is 51.6 Å². The molecule has 0 unspecified atom stereocenters. The van der Waals surface area contributed by atoms with Gasteiger partial charge >= 0.3 is 0 Å². The van der Waals surface area contributed by atoms with E-state index in [1.165, 1.54) is 37.7 Å². The number of hydrogen-bond donors (Lipinski definition) is 1. The van der Waals surface area contributed by atoms with Crippen LogP contribution in [0, 0.1) is 6.92 Å². The summed E-state index contributed by atoms with van der Waals surface area (Å²) in [7, 11) is 0. The van der Waals surface area contributed by atoms with Crippen LogP contribution in [0.1, 0.15) is 43.4 Å². The van der Waals surface area contributed by atoms with Gasteiger partial charge in [-0.1, -0.05) is 43.0 Å². The summed E-state index contributed by atoms with van der Waals surface area (Å²) in [5.74, 6) is 0.995. The fourth-order valence-electron chi connectivity index (χ4n) is 3.00. The Morgan fingerprint density at radius 3 is 2.62 bits per heavy atom. The molecule has 1 aliphatic rings. The molecule has 0 saturated heterocycles. The number of hydrogen-bond acceptors (Lipinski definition) is 2. The summed E-state index contributed by atoms with van der Waals surface area (Å²) in [6.45, 7) is 2.87. The molecule has 0 aliphatic heterocycles. The van der Waals surface area contributed by atoms with Gasteiger partial charge in [-0.05, 0) is 37.5 Å². The lowest BCUT2D eigenvalue weighted by Crippen LogP contribution is -2.24. The first-order valence-electron chi connectivity index (χ1n) is 7.75. The lowest BCUT2D eigenvalue weighted by Gasteiger charge is -2.23. The number of aryl methyl sites for hydroxylation is 1. The molecule has 1 saturated carbocycles. The molecule has 4 heteroatoms. The average Bonchev–Trinajstić information content (AvgIpc) is 2.82. The second-order valence-corrected chi connectivity index (χ2v) is 6.38. The van der Waals surface area contributed by atoms with E-state index in [4.69, 9.17) is 11.6 Å². The van der Waals surface area contributed by atoms with Crippen LogP contribution in [0.2, 0.25) is 5.02 Å². The maximum atomic E-state index is 5.95. The van der Waals surface area contributed by atoms with E-state index >= 15 is 0 Å². The summed E-state index contributed by atoms with van der Waals surface area (Å²) >= 11 is 5.95. The Hall–Kier alpha value is -1.48. The third-order valence-electron chi connectivity index (χ3n) is 4.10. The number of halogens is 1. The van der Waals surface area contributed by atoms with E-state index in [0.29, 0.717) is 6.04 Å². The van der Waals surface area contributed by atoms with Gasteiger partial charge in [-0.25, -0.2) is 4.98 Å². The van der Waals surface area contributed by atoms with Crippen LogP contribution in [0.15, 0.2) is 30.5 Å². The van der Waals surface area contributed by atoms with E-state index in [-0.39, 0.29) is 0 Å². The fraction of sp³-hybridized carbons (Fsp3) is 0.471. The van der Waals surface area contributed by atoms with Crippen LogP contribution in [0.4, 0.5) is 5.95 Å². The summed E-state index contributed by atoms with van der Waals surface area (Å²) in [6.07, 6.45) is 8.65. The number of rotatable bonds is 4. The largest absolute Gasteiger partial charge is 0.353 e. The zero-order valence-corrected chi connectivity index (χ0v) is 13.2. The Morgan fingerprint density at radius 1 is 1.19 bits per heavy atom. The van der Waals surface area contributed by atoms with Gasteiger partial charge in [-0.15, -0.1) is 0 Å². The average molecular weight is 304 g/mol. The van der Waals surface area contributed by atoms with Crippen molar-refractivity contribution in [1.82, 2.24) is 9.55 Å². The lowest BCUT2D eigenvalue weighted by molar-refractivity contribution is 0.459. The smallest absolute Gasteiger partial charge is 0.203 e. The van der Waals surface area contributed by atoms with Crippen molar-refractivity contribution >= 4 is 17.5 Å². The molecule has 1 aliphatic carbocycles. The first-order valence-corrected chi connectivity index (χ1v) is 8.13. The predicted octanol–water partition coefficient (Wildman–Crippen LogP) is 4.64. The van der Waals surface area contributed by atoms with E-state index in [9.17, 15) is 0 Å². The van der Waals surface area contributed by atoms with Crippen LogP contribution in [0.25, 0.3) is 0 Å². The SMILES string of the molecule is Cc1cn(Cc2ccc(Cl)cc2)c(NC2CCCCC2)n1. The third-order valence-corrected chi connectivity index (χ3v) is 4.35. The molecule has 1 aromatic carbocycles. The molecule has 3 rings (SSSR count). The van der Waals surface area contributed by atoms with Crippen molar-refractivity contribution in [1.29, 1.82) is 0 Å². The van der Waals surface area contributed by atoms with E-state index in [0.717, 1.165) is 23.2 Å². The summed E-state index contributed by atoms with van der Waals surface area (Å²) in [5.41, 5.74) is 2.30. The molecule has 1 N–H and O–H groups in total. The molecule has 1 heterocycles. The van der Waals surface area contributed by atoms with Crippen LogP contribution in [0.5, 0.6) is 0 Å². The number of benzene rings is 1. The highest BCUT2D eigenvalue weighted by Gasteiger charge is 2.16. The van der Waals surface area contributed by atoms with Gasteiger partial charge in [0.1, 0.15) is 0 Å². The summed E-state index contributed by atoms with van der Waals surface area (Å²) in [6, 6.07) is 8.60. The van der Waals surface area contributed by atoms with Gasteiger partial charge in [0.15, 0.2) is 0 Å². The first kappa shape index (κ1) is 14.5. The number of nitrogens with zero attached hydrogens (tertiary/aromatic N) is 2. The highest BCUT2D eigenvalue weighted by Crippen LogP contribution is 2.22. The quantitative estimate of drug-likeness (QED) is 0.892. The van der Waals surface area contributed by atoms with Gasteiger partial charge in [-0.2, -0.15) is 0 Å². The molecule has 112 valence electrons. The van der Waals surface area contributed by atoms with Gasteiger partial charge in [0.25, 0.3) is 0 Å². The van der Waals surface area contributed by atoms with Gasteiger partial charge in [0.05, 0.1) is 12.2 Å². The Balaban J connectivity index is 1.73. The highest BCUT2D eigenvalue weighted by molar-refractivity contribution is 6.30. The van der Waals surface area contributed by atoms with Crippen LogP contribution < -0.4 is 5.32 Å². The second-order valence-electron chi connectivity index (χ2n) is 5.94. The van der Waals surface area contributed by atoms with Gasteiger partial charge in [0.2, 0.25) is 5.95 Å². The van der Waals surface area contributed by atoms with Crippen molar-refractivity contribution < 1.29 is 0 Å². The Kier molecular flexibility index (Phi) is 4.49. The molecular weight excluding hydrogens is 282 g/mol. The van der Waals surface area contributed by atoms with Crippen molar-refractivity contribution in [2.24, 2.45) is 0 Å². The lowest BCUT2D eigenvalue weighted by atomic mass is 9.96. The molecule has 0 bridgehead atoms. The molecule has 0 spiro atoms. The topological polar surface area (TPSA) is 29.9 Å². The summed E-state index contributed by atoms with van der Waals surface area (Å²) < 4.78 is 2.20. The minimum Gasteiger partial charge on any atom is -0.353 e. The first-order chi connectivity index (χ1) is 10.2. The van der Waals surface area contributed by atoms with Crippen molar-refractivity contribution in [3.8, 4) is 0 Å². The molecule has 1 fully saturated rings. The molecule has 3 nitrogen and oxygen atoms in total. The van der Waals surface area contributed by atoms with E-state index in [1.807, 2.05) is 19.1 Å². The minimum atomic E-state index is 0.574. The summed E-state index contributed by atoms with van der Waals surface area (Å²) in [4.78, 5) is 4.64. The molecule has 0 atom stereocenters. The normalized spacial score (nSPS) is 16.1. The fourth-order valence-corrected chi connectivity index (χ4v) is 3.12. The number of aromatic nitrogens is 2. The van der Waals surface area contributed by atoms with E-state index in [2.05, 4.69) is 33.2 Å². The van der Waals surface area contributed by atoms with Gasteiger partial charge in [0, 0.05) is 17.3 Å². The summed E-state index contributed by atoms with van der Waals surface area (Å²) in [5, 5.41) is 4.41. The molecule has 0 radical (unpaired) electrons. The maximum absolute atomic E-state index is 5.95. The maximum Gasteiger partial charge on any atom is 0.203 e. The highest BCUT2D eigenvalue weighted by atomic mass is 35.5. The Labute approximate surface area is 131 Å². The van der Waals surface area contributed by atoms with Gasteiger partial charge in [-0.3, -0.25) is 0 Å². The monoisotopic (exact) mass is 303 g/mol. The van der Waals surface area contributed by atoms with Crippen LogP contribution >= 0.6 is 11.6 Å². The van der Waals surface area contributed by atoms with Gasteiger partial charge < -0.3 is 9.88 Å². The number of nitrogens with one attached hydrogen (secondary N) is 1. The van der Waals surface area contributed by atoms with Crippen LogP contribution in [0.3, 0.4) is 0 Å². The predicted molar refractivity (Wildman–Crippen MR) is 88.0 cm³/mol. The van der Waals surface area contributed by atoms with Crippen molar-refractivity contribution in [3.63, 3.8) is 0 Å². The zero-order valence-electron chi connectivity index (χ0n) is 12.5. The molecule has 1 aromatic heterocycles. The molecule has 21 heavy (non-hydrogen) atoms. The standard InChI is InChI=1S/C17H22ClN3/c1-13-11-21(12-14-7-9-15(18)10-8-14)17(19-13)20-16-5-3-2-4-6-16/h7-11,16H,2-6,12H2,1H3,(H,19,20). The van der Waals surface area contributed by atoms with E-state index < -0.39 is 0 Å². The molecule has 2 aromatic rings. The third kappa shape index (κ3) is 3.79. The number of imidazole rings is 1. The zero-order chi connectivity index (χ0) is 14.7. The van der Waals surface area contributed by atoms with Crippen LogP contribution in [-0.2, 0) is 6.54 Å². The van der Waals surface area contributed by atoms with E-state index in [1.54, 1.807) is 0 Å². The molecule has 0 amide bonds. The van der Waals surface area contributed by atoms with Crippen LogP contribution in [-0.4, -0.2) is 15.6 Å². The Morgan fingerprint density at radius 2 is 1.90 bits per heavy atom. The van der Waals surface area contributed by atoms with Crippen molar-refractivity contribution in [2.75, 3.05) is 5.32 Å². The second kappa shape index (κ2) is 6.52. The molecular formula is C17H22ClN3. The Bertz CT molecular complexity index is 583. The number of anilines is 1. The minimum absolute atomic E-state index is 0.574.